The van der Waals surface area contributed by atoms with Crippen LogP contribution in [0.5, 0.6) is 0 Å². The van der Waals surface area contributed by atoms with E-state index >= 15 is 0 Å². The summed E-state index contributed by atoms with van der Waals surface area (Å²) in [5.74, 6) is 0. The third kappa shape index (κ3) is 4.45. The Hall–Kier alpha value is 0.450. The largest absolute Gasteiger partial charge is 0.307 e. The van der Waals surface area contributed by atoms with Crippen LogP contribution in [-0.4, -0.2) is 0 Å². The average molecular weight is 112 g/mol. The summed E-state index contributed by atoms with van der Waals surface area (Å²) in [5.41, 5.74) is 0. The number of halogens is 2. The van der Waals surface area contributed by atoms with Gasteiger partial charge in [-0.05, 0) is 6.92 Å². The molecule has 0 fully saturated rings. The monoisotopic (exact) mass is 111 g/mol. The van der Waals surface area contributed by atoms with Crippen LogP contribution < -0.4 is 0 Å². The number of rotatable bonds is 1. The molecule has 0 nitrogen and oxygen atoms in total. The summed E-state index contributed by atoms with van der Waals surface area (Å²) in [4.78, 5) is 0.449. The van der Waals surface area contributed by atoms with Crippen molar-refractivity contribution in [2.24, 2.45) is 0 Å². The quantitative estimate of drug-likeness (QED) is 0.456. The lowest BCUT2D eigenvalue weighted by atomic mass is 10.6. The third-order valence-electron chi connectivity index (χ3n) is 0.267. The highest BCUT2D eigenvalue weighted by atomic mass is 35.5. The van der Waals surface area contributed by atoms with Crippen LogP contribution in [0.25, 0.3) is 0 Å². The molecular formula is C3H5Cl2+. The first-order chi connectivity index (χ1) is 2.27. The molecule has 0 aliphatic heterocycles. The van der Waals surface area contributed by atoms with E-state index in [1.165, 1.54) is 0 Å². The van der Waals surface area contributed by atoms with Crippen LogP contribution in [0.15, 0.2) is 0 Å². The lowest BCUT2D eigenvalue weighted by molar-refractivity contribution is 1.16. The molecule has 0 N–H and O–H groups in total. The first-order valence-electron chi connectivity index (χ1n) is 1.44. The second-order valence-electron chi connectivity index (χ2n) is 0.692. The van der Waals surface area contributed by atoms with Gasteiger partial charge in [-0.2, -0.15) is 0 Å². The summed E-state index contributed by atoms with van der Waals surface area (Å²) in [6.07, 6.45) is 0.753. The van der Waals surface area contributed by atoms with Crippen molar-refractivity contribution in [3.05, 3.63) is 4.84 Å². The first kappa shape index (κ1) is 5.45. The fraction of sp³-hybridized carbons (Fsp3) is 0.667. The van der Waals surface area contributed by atoms with Crippen molar-refractivity contribution in [3.63, 3.8) is 0 Å². The predicted octanol–water partition coefficient (Wildman–Crippen LogP) is 2.36. The molecule has 0 spiro atoms. The second-order valence-corrected chi connectivity index (χ2v) is 1.80. The van der Waals surface area contributed by atoms with Crippen LogP contribution >= 0.6 is 23.2 Å². The average Bonchev–Trinajstić information content (AvgIpc) is 1.38. The topological polar surface area (TPSA) is 0 Å². The zero-order chi connectivity index (χ0) is 4.28. The van der Waals surface area contributed by atoms with Crippen LogP contribution in [0.3, 0.4) is 0 Å². The highest BCUT2D eigenvalue weighted by Crippen LogP contribution is 2.14. The van der Waals surface area contributed by atoms with E-state index in [-0.39, 0.29) is 0 Å². The zero-order valence-electron chi connectivity index (χ0n) is 2.96. The lowest BCUT2D eigenvalue weighted by Gasteiger charge is -1.65. The van der Waals surface area contributed by atoms with Crippen LogP contribution in [0.4, 0.5) is 0 Å². The van der Waals surface area contributed by atoms with Gasteiger partial charge >= 0.3 is 4.84 Å². The normalized spacial score (nSPS) is 7.80. The fourth-order valence-corrected chi connectivity index (χ4v) is 0. The molecule has 0 bridgehead atoms. The van der Waals surface area contributed by atoms with Crippen molar-refractivity contribution < 1.29 is 0 Å². The maximum Gasteiger partial charge on any atom is 0.307 e. The molecule has 0 rings (SSSR count). The van der Waals surface area contributed by atoms with Crippen molar-refractivity contribution in [1.29, 1.82) is 0 Å². The Bertz CT molecular complexity index is 18.9. The van der Waals surface area contributed by atoms with Gasteiger partial charge in [0.25, 0.3) is 0 Å². The number of hydrogen-bond donors (Lipinski definition) is 0. The van der Waals surface area contributed by atoms with Crippen LogP contribution in [0.2, 0.25) is 0 Å². The molecule has 0 aliphatic carbocycles. The van der Waals surface area contributed by atoms with Gasteiger partial charge in [-0.25, -0.2) is 0 Å². The number of hydrogen-bond acceptors (Lipinski definition) is 0. The van der Waals surface area contributed by atoms with E-state index in [2.05, 4.69) is 0 Å². The van der Waals surface area contributed by atoms with Crippen molar-refractivity contribution in [2.45, 2.75) is 13.3 Å². The van der Waals surface area contributed by atoms with Crippen molar-refractivity contribution in [2.75, 3.05) is 0 Å². The van der Waals surface area contributed by atoms with Gasteiger partial charge in [-0.1, -0.05) is 0 Å². The van der Waals surface area contributed by atoms with Gasteiger partial charge in [-0.3, -0.25) is 0 Å². The van der Waals surface area contributed by atoms with E-state index in [0.29, 0.717) is 4.84 Å². The maximum atomic E-state index is 5.14. The Kier molecular flexibility index (Phi) is 2.92. The molecule has 0 aromatic rings. The zero-order valence-corrected chi connectivity index (χ0v) is 4.47. The van der Waals surface area contributed by atoms with E-state index in [0.717, 1.165) is 6.42 Å². The Balaban J connectivity index is 2.54. The summed E-state index contributed by atoms with van der Waals surface area (Å²) in [6.45, 7) is 1.90. The minimum Gasteiger partial charge on any atom is -0.0207 e. The van der Waals surface area contributed by atoms with Crippen molar-refractivity contribution >= 4 is 23.2 Å². The molecular weight excluding hydrogens is 107 g/mol. The molecule has 0 aliphatic rings. The van der Waals surface area contributed by atoms with Gasteiger partial charge < -0.3 is 0 Å². The van der Waals surface area contributed by atoms with Gasteiger partial charge in [0.2, 0.25) is 0 Å². The third-order valence-corrected chi connectivity index (χ3v) is 0.802. The molecule has 0 aromatic carbocycles. The molecule has 0 radical (unpaired) electrons. The summed E-state index contributed by atoms with van der Waals surface area (Å²) in [6, 6.07) is 0. The Morgan fingerprint density at radius 3 is 1.80 bits per heavy atom. The minimum absolute atomic E-state index is 0.449. The van der Waals surface area contributed by atoms with Gasteiger partial charge in [-0.15, -0.1) is 0 Å². The van der Waals surface area contributed by atoms with Crippen LogP contribution in [0.1, 0.15) is 13.3 Å². The van der Waals surface area contributed by atoms with Gasteiger partial charge in [0, 0.05) is 0 Å². The molecule has 0 saturated heterocycles. The summed E-state index contributed by atoms with van der Waals surface area (Å²) >= 11 is 10.3. The first-order valence-corrected chi connectivity index (χ1v) is 2.19. The van der Waals surface area contributed by atoms with E-state index in [9.17, 15) is 0 Å². The Morgan fingerprint density at radius 2 is 1.80 bits per heavy atom. The second kappa shape index (κ2) is 2.67. The van der Waals surface area contributed by atoms with Gasteiger partial charge in [0.05, 0.1) is 0 Å². The molecule has 0 heterocycles. The molecule has 0 amide bonds. The predicted molar refractivity (Wildman–Crippen MR) is 25.2 cm³/mol. The molecule has 0 atom stereocenters. The Morgan fingerprint density at radius 1 is 1.60 bits per heavy atom. The molecule has 0 unspecified atom stereocenters. The summed E-state index contributed by atoms with van der Waals surface area (Å²) < 4.78 is 0. The van der Waals surface area contributed by atoms with Crippen molar-refractivity contribution in [1.82, 2.24) is 0 Å². The van der Waals surface area contributed by atoms with Crippen LogP contribution in [0, 0.1) is 4.84 Å². The van der Waals surface area contributed by atoms with Gasteiger partial charge in [0.1, 0.15) is 6.42 Å². The summed E-state index contributed by atoms with van der Waals surface area (Å²) in [5, 5.41) is 0. The fourth-order valence-electron chi connectivity index (χ4n) is 0. The highest BCUT2D eigenvalue weighted by molar-refractivity contribution is 6.52. The van der Waals surface area contributed by atoms with E-state index in [1.54, 1.807) is 0 Å². The van der Waals surface area contributed by atoms with E-state index in [4.69, 9.17) is 23.2 Å². The molecule has 2 heteroatoms. The van der Waals surface area contributed by atoms with Crippen molar-refractivity contribution in [3.8, 4) is 0 Å². The standard InChI is InChI=1S/C3H5Cl2/c1-2-3(4)5/h2H2,1H3/q+1. The molecule has 5 heavy (non-hydrogen) atoms. The SMILES string of the molecule is CC[C+](Cl)Cl. The van der Waals surface area contributed by atoms with Gasteiger partial charge in [0.15, 0.2) is 23.2 Å². The molecule has 0 aromatic heterocycles. The Labute approximate surface area is 42.1 Å². The molecule has 30 valence electrons. The highest BCUT2D eigenvalue weighted by Gasteiger charge is 2.06. The lowest BCUT2D eigenvalue weighted by Crippen LogP contribution is -1.62. The smallest absolute Gasteiger partial charge is 0.0207 e. The molecule has 0 saturated carbocycles. The summed E-state index contributed by atoms with van der Waals surface area (Å²) in [7, 11) is 0. The maximum absolute atomic E-state index is 5.14. The van der Waals surface area contributed by atoms with E-state index in [1.807, 2.05) is 6.92 Å². The van der Waals surface area contributed by atoms with E-state index < -0.39 is 0 Å². The van der Waals surface area contributed by atoms with Crippen LogP contribution in [-0.2, 0) is 0 Å². The minimum atomic E-state index is 0.449.